The molecule has 0 aromatic heterocycles. The second kappa shape index (κ2) is 3.51. The van der Waals surface area contributed by atoms with Crippen LogP contribution in [0.1, 0.15) is 39.5 Å². The Morgan fingerprint density at radius 2 is 2.08 bits per heavy atom. The Hall–Kier alpha value is 0.180. The molecular formula is C9H16ClFO. The summed E-state index contributed by atoms with van der Waals surface area (Å²) in [6, 6.07) is 0. The Kier molecular flexibility index (Phi) is 3.00. The summed E-state index contributed by atoms with van der Waals surface area (Å²) in [6.45, 7) is 4.50. The molecule has 0 amide bonds. The fraction of sp³-hybridized carbons (Fsp3) is 1.00. The molecule has 2 unspecified atom stereocenters. The van der Waals surface area contributed by atoms with Gasteiger partial charge in [0.1, 0.15) is 5.60 Å². The smallest absolute Gasteiger partial charge is 0.215 e. The minimum Gasteiger partial charge on any atom is -0.370 e. The van der Waals surface area contributed by atoms with Crippen LogP contribution >= 0.6 is 11.6 Å². The third-order valence-electron chi connectivity index (χ3n) is 2.40. The predicted octanol–water partition coefficient (Wildman–Crippen LogP) is 3.26. The minimum atomic E-state index is -1.59. The summed E-state index contributed by atoms with van der Waals surface area (Å²) < 4.78 is 18.6. The van der Waals surface area contributed by atoms with Crippen LogP contribution in [-0.2, 0) is 4.74 Å². The lowest BCUT2D eigenvalue weighted by molar-refractivity contribution is 0.00792. The van der Waals surface area contributed by atoms with Gasteiger partial charge in [-0.1, -0.05) is 31.4 Å². The van der Waals surface area contributed by atoms with Crippen LogP contribution in [0.25, 0.3) is 0 Å². The topological polar surface area (TPSA) is 9.23 Å². The number of alkyl halides is 2. The van der Waals surface area contributed by atoms with Crippen molar-refractivity contribution in [2.75, 3.05) is 6.61 Å². The van der Waals surface area contributed by atoms with Gasteiger partial charge in [-0.15, -0.1) is 0 Å². The first kappa shape index (κ1) is 10.3. The molecule has 12 heavy (non-hydrogen) atoms. The summed E-state index contributed by atoms with van der Waals surface area (Å²) >= 11 is 5.59. The van der Waals surface area contributed by atoms with Crippen LogP contribution in [0.2, 0.25) is 0 Å². The lowest BCUT2D eigenvalue weighted by Crippen LogP contribution is -2.22. The number of rotatable bonds is 5. The van der Waals surface area contributed by atoms with E-state index in [1.165, 1.54) is 0 Å². The second-order valence-electron chi connectivity index (χ2n) is 3.41. The van der Waals surface area contributed by atoms with Crippen LogP contribution in [0.4, 0.5) is 4.39 Å². The number of hydrogen-bond donors (Lipinski definition) is 0. The molecule has 1 rings (SSSR count). The van der Waals surface area contributed by atoms with Crippen LogP contribution in [0.15, 0.2) is 0 Å². The molecule has 0 bridgehead atoms. The number of unbranched alkanes of at least 4 members (excludes halogenated alkanes) is 1. The first-order valence-electron chi connectivity index (χ1n) is 4.60. The van der Waals surface area contributed by atoms with E-state index >= 15 is 0 Å². The molecule has 0 radical (unpaired) electrons. The predicted molar refractivity (Wildman–Crippen MR) is 48.2 cm³/mol. The third-order valence-corrected chi connectivity index (χ3v) is 2.88. The summed E-state index contributed by atoms with van der Waals surface area (Å²) in [6.07, 6.45) is 3.15. The average Bonchev–Trinajstić information content (AvgIpc) is 2.51. The molecule has 72 valence electrons. The van der Waals surface area contributed by atoms with E-state index in [0.29, 0.717) is 13.0 Å². The standard InChI is InChI=1S/C9H16ClFO/c1-3-5-6-8(12-4-2)7-9(8,10)11/h3-7H2,1-2H3. The minimum absolute atomic E-state index is 0.357. The second-order valence-corrected chi connectivity index (χ2v) is 4.01. The van der Waals surface area contributed by atoms with Crippen LogP contribution in [0.5, 0.6) is 0 Å². The van der Waals surface area contributed by atoms with Gasteiger partial charge in [0.15, 0.2) is 0 Å². The van der Waals surface area contributed by atoms with E-state index in [0.717, 1.165) is 19.3 Å². The largest absolute Gasteiger partial charge is 0.370 e. The van der Waals surface area contributed by atoms with Crippen molar-refractivity contribution in [2.24, 2.45) is 0 Å². The highest BCUT2D eigenvalue weighted by Crippen LogP contribution is 2.59. The van der Waals surface area contributed by atoms with Gasteiger partial charge in [0.05, 0.1) is 0 Å². The van der Waals surface area contributed by atoms with Gasteiger partial charge >= 0.3 is 0 Å². The fourth-order valence-corrected chi connectivity index (χ4v) is 1.92. The van der Waals surface area contributed by atoms with Crippen molar-refractivity contribution in [3.8, 4) is 0 Å². The van der Waals surface area contributed by atoms with Crippen LogP contribution in [0.3, 0.4) is 0 Å². The van der Waals surface area contributed by atoms with Gasteiger partial charge < -0.3 is 4.74 Å². The maximum absolute atomic E-state index is 13.3. The Morgan fingerprint density at radius 1 is 1.50 bits per heavy atom. The van der Waals surface area contributed by atoms with Crippen LogP contribution in [0, 0.1) is 0 Å². The van der Waals surface area contributed by atoms with E-state index < -0.39 is 10.7 Å². The normalized spacial score (nSPS) is 40.0. The molecule has 1 aliphatic rings. The summed E-state index contributed by atoms with van der Waals surface area (Å²) in [5, 5.41) is -1.59. The van der Waals surface area contributed by atoms with E-state index in [1.54, 1.807) is 0 Å². The number of ether oxygens (including phenoxy) is 1. The van der Waals surface area contributed by atoms with Gasteiger partial charge in [0.25, 0.3) is 0 Å². The van der Waals surface area contributed by atoms with Gasteiger partial charge in [0.2, 0.25) is 5.13 Å². The van der Waals surface area contributed by atoms with E-state index in [-0.39, 0.29) is 0 Å². The molecule has 3 heteroatoms. The Balaban J connectivity index is 2.42. The first-order chi connectivity index (χ1) is 5.58. The highest BCUT2D eigenvalue weighted by Gasteiger charge is 2.69. The molecule has 0 N–H and O–H groups in total. The molecule has 2 atom stereocenters. The lowest BCUT2D eigenvalue weighted by atomic mass is 10.1. The zero-order valence-corrected chi connectivity index (χ0v) is 8.46. The van der Waals surface area contributed by atoms with Gasteiger partial charge in [0, 0.05) is 13.0 Å². The Bertz CT molecular complexity index is 161. The highest BCUT2D eigenvalue weighted by molar-refractivity contribution is 6.26. The number of hydrogen-bond acceptors (Lipinski definition) is 1. The van der Waals surface area contributed by atoms with Crippen molar-refractivity contribution in [3.63, 3.8) is 0 Å². The quantitative estimate of drug-likeness (QED) is 0.611. The molecule has 0 aromatic rings. The van der Waals surface area contributed by atoms with Crippen LogP contribution < -0.4 is 0 Å². The molecular weight excluding hydrogens is 179 g/mol. The van der Waals surface area contributed by atoms with Gasteiger partial charge in [-0.25, -0.2) is 4.39 Å². The molecule has 0 spiro atoms. The molecule has 0 saturated heterocycles. The highest BCUT2D eigenvalue weighted by atomic mass is 35.5. The van der Waals surface area contributed by atoms with Crippen molar-refractivity contribution < 1.29 is 9.13 Å². The van der Waals surface area contributed by atoms with E-state index in [2.05, 4.69) is 6.92 Å². The van der Waals surface area contributed by atoms with E-state index in [9.17, 15) is 4.39 Å². The molecule has 0 aliphatic heterocycles. The number of halogens is 2. The van der Waals surface area contributed by atoms with Gasteiger partial charge in [-0.2, -0.15) is 0 Å². The Morgan fingerprint density at radius 3 is 2.42 bits per heavy atom. The molecule has 0 aromatic carbocycles. The van der Waals surface area contributed by atoms with Crippen molar-refractivity contribution in [1.82, 2.24) is 0 Å². The molecule has 1 aliphatic carbocycles. The SMILES string of the molecule is CCCCC1(OCC)CC1(F)Cl. The maximum Gasteiger partial charge on any atom is 0.215 e. The Labute approximate surface area is 78.2 Å². The van der Waals surface area contributed by atoms with E-state index in [1.807, 2.05) is 6.92 Å². The maximum atomic E-state index is 13.3. The van der Waals surface area contributed by atoms with Crippen molar-refractivity contribution >= 4 is 11.6 Å². The summed E-state index contributed by atoms with van der Waals surface area (Å²) in [5.41, 5.74) is -0.653. The lowest BCUT2D eigenvalue weighted by Gasteiger charge is -2.16. The van der Waals surface area contributed by atoms with Crippen molar-refractivity contribution in [2.45, 2.75) is 50.3 Å². The summed E-state index contributed by atoms with van der Waals surface area (Å²) in [5.74, 6) is 0. The first-order valence-corrected chi connectivity index (χ1v) is 4.97. The summed E-state index contributed by atoms with van der Waals surface area (Å²) in [4.78, 5) is 0. The summed E-state index contributed by atoms with van der Waals surface area (Å²) in [7, 11) is 0. The zero-order valence-electron chi connectivity index (χ0n) is 7.70. The van der Waals surface area contributed by atoms with Gasteiger partial charge in [-0.3, -0.25) is 0 Å². The molecule has 1 nitrogen and oxygen atoms in total. The van der Waals surface area contributed by atoms with Crippen molar-refractivity contribution in [3.05, 3.63) is 0 Å². The molecule has 0 heterocycles. The monoisotopic (exact) mass is 194 g/mol. The molecule has 1 fully saturated rings. The average molecular weight is 195 g/mol. The molecule has 1 saturated carbocycles. The van der Waals surface area contributed by atoms with Crippen molar-refractivity contribution in [1.29, 1.82) is 0 Å². The van der Waals surface area contributed by atoms with E-state index in [4.69, 9.17) is 16.3 Å². The third kappa shape index (κ3) is 1.74. The fourth-order valence-electron chi connectivity index (χ4n) is 1.55. The van der Waals surface area contributed by atoms with Crippen LogP contribution in [-0.4, -0.2) is 17.3 Å². The van der Waals surface area contributed by atoms with Gasteiger partial charge in [-0.05, 0) is 13.3 Å². The zero-order chi connectivity index (χ0) is 9.24.